The number of ether oxygens (including phenoxy) is 3. The van der Waals surface area contributed by atoms with Gasteiger partial charge >= 0.3 is 0 Å². The summed E-state index contributed by atoms with van der Waals surface area (Å²) < 4.78 is 43.3. The van der Waals surface area contributed by atoms with Gasteiger partial charge in [-0.25, -0.2) is 8.42 Å². The van der Waals surface area contributed by atoms with Crippen molar-refractivity contribution in [2.75, 3.05) is 39.5 Å². The minimum Gasteiger partial charge on any atom is -0.492 e. The topological polar surface area (TPSA) is 94.2 Å². The van der Waals surface area contributed by atoms with Crippen molar-refractivity contribution >= 4 is 15.9 Å². The fourth-order valence-corrected chi connectivity index (χ4v) is 4.63. The van der Waals surface area contributed by atoms with E-state index in [2.05, 4.69) is 5.32 Å². The first kappa shape index (κ1) is 24.0. The van der Waals surface area contributed by atoms with Crippen LogP contribution in [0.1, 0.15) is 18.1 Å². The molecule has 2 aromatic rings. The molecule has 1 fully saturated rings. The molecule has 174 valence electrons. The monoisotopic (exact) mass is 462 g/mol. The Morgan fingerprint density at radius 3 is 2.50 bits per heavy atom. The molecular weight excluding hydrogens is 432 g/mol. The Balaban J connectivity index is 1.44. The molecule has 2 aromatic carbocycles. The van der Waals surface area contributed by atoms with E-state index in [1.165, 1.54) is 16.4 Å². The molecule has 0 spiro atoms. The quantitative estimate of drug-likeness (QED) is 0.575. The van der Waals surface area contributed by atoms with E-state index in [1.807, 2.05) is 32.0 Å². The zero-order valence-corrected chi connectivity index (χ0v) is 19.5. The van der Waals surface area contributed by atoms with Crippen LogP contribution in [0.15, 0.2) is 47.4 Å². The number of rotatable bonds is 9. The minimum absolute atomic E-state index is 0.220. The molecule has 1 saturated heterocycles. The summed E-state index contributed by atoms with van der Waals surface area (Å²) in [6.07, 6.45) is -0.639. The first-order valence-corrected chi connectivity index (χ1v) is 12.0. The summed E-state index contributed by atoms with van der Waals surface area (Å²) in [5, 5.41) is 2.78. The van der Waals surface area contributed by atoms with Gasteiger partial charge in [-0.2, -0.15) is 4.31 Å². The molecule has 0 aliphatic carbocycles. The van der Waals surface area contributed by atoms with Gasteiger partial charge in [0.15, 0.2) is 6.10 Å². The maximum atomic E-state index is 12.6. The molecule has 1 aliphatic rings. The lowest BCUT2D eigenvalue weighted by Crippen LogP contribution is -2.40. The Morgan fingerprint density at radius 2 is 1.81 bits per heavy atom. The number of hydrogen-bond acceptors (Lipinski definition) is 6. The number of amides is 1. The van der Waals surface area contributed by atoms with Crippen LogP contribution in [0.3, 0.4) is 0 Å². The number of benzene rings is 2. The van der Waals surface area contributed by atoms with Crippen molar-refractivity contribution in [2.45, 2.75) is 31.8 Å². The third-order valence-corrected chi connectivity index (χ3v) is 7.24. The zero-order chi connectivity index (χ0) is 23.1. The lowest BCUT2D eigenvalue weighted by molar-refractivity contribution is -0.127. The van der Waals surface area contributed by atoms with Gasteiger partial charge in [-0.1, -0.05) is 12.1 Å². The van der Waals surface area contributed by atoms with Gasteiger partial charge in [-0.05, 0) is 62.2 Å². The smallest absolute Gasteiger partial charge is 0.260 e. The van der Waals surface area contributed by atoms with Crippen molar-refractivity contribution in [1.82, 2.24) is 9.62 Å². The van der Waals surface area contributed by atoms with Crippen LogP contribution in [-0.2, 0) is 19.6 Å². The highest BCUT2D eigenvalue weighted by atomic mass is 32.2. The van der Waals surface area contributed by atoms with Crippen LogP contribution in [0, 0.1) is 13.8 Å². The van der Waals surface area contributed by atoms with Gasteiger partial charge in [0.2, 0.25) is 10.0 Å². The first-order valence-electron chi connectivity index (χ1n) is 10.6. The van der Waals surface area contributed by atoms with Crippen molar-refractivity contribution in [3.63, 3.8) is 0 Å². The highest BCUT2D eigenvalue weighted by molar-refractivity contribution is 7.89. The molecule has 1 heterocycles. The maximum absolute atomic E-state index is 12.6. The molecule has 1 N–H and O–H groups in total. The summed E-state index contributed by atoms with van der Waals surface area (Å²) in [6.45, 7) is 7.71. The molecule has 0 bridgehead atoms. The molecule has 1 aliphatic heterocycles. The van der Waals surface area contributed by atoms with Crippen LogP contribution < -0.4 is 14.8 Å². The normalized spacial score (nSPS) is 15.7. The van der Waals surface area contributed by atoms with Crippen molar-refractivity contribution in [3.05, 3.63) is 53.6 Å². The number of nitrogens with zero attached hydrogens (tertiary/aromatic N) is 1. The van der Waals surface area contributed by atoms with E-state index in [-0.39, 0.29) is 17.4 Å². The van der Waals surface area contributed by atoms with Crippen LogP contribution >= 0.6 is 0 Å². The highest BCUT2D eigenvalue weighted by Gasteiger charge is 2.26. The predicted molar refractivity (Wildman–Crippen MR) is 121 cm³/mol. The fraction of sp³-hybridized carbons (Fsp3) is 0.435. The Kier molecular flexibility index (Phi) is 8.11. The van der Waals surface area contributed by atoms with Gasteiger partial charge in [-0.15, -0.1) is 0 Å². The summed E-state index contributed by atoms with van der Waals surface area (Å²) in [4.78, 5) is 12.5. The lowest BCUT2D eigenvalue weighted by Gasteiger charge is -2.26. The number of sulfonamides is 1. The molecule has 1 amide bonds. The summed E-state index contributed by atoms with van der Waals surface area (Å²) in [5.74, 6) is 0.984. The van der Waals surface area contributed by atoms with Gasteiger partial charge in [0.1, 0.15) is 18.1 Å². The van der Waals surface area contributed by atoms with Crippen molar-refractivity contribution in [1.29, 1.82) is 0 Å². The minimum atomic E-state index is -3.53. The average Bonchev–Trinajstić information content (AvgIpc) is 2.80. The number of morpholine rings is 1. The van der Waals surface area contributed by atoms with Gasteiger partial charge in [-0.3, -0.25) is 4.79 Å². The Hall–Kier alpha value is -2.62. The molecule has 8 nitrogen and oxygen atoms in total. The van der Waals surface area contributed by atoms with E-state index in [1.54, 1.807) is 19.1 Å². The Labute approximate surface area is 189 Å². The second-order valence-corrected chi connectivity index (χ2v) is 9.52. The molecule has 1 atom stereocenters. The van der Waals surface area contributed by atoms with Gasteiger partial charge in [0.05, 0.1) is 24.7 Å². The van der Waals surface area contributed by atoms with Crippen LogP contribution in [0.4, 0.5) is 0 Å². The van der Waals surface area contributed by atoms with Crippen molar-refractivity contribution < 1.29 is 27.4 Å². The van der Waals surface area contributed by atoms with Crippen LogP contribution in [0.25, 0.3) is 0 Å². The van der Waals surface area contributed by atoms with Gasteiger partial charge in [0.25, 0.3) is 5.91 Å². The first-order chi connectivity index (χ1) is 15.3. The number of carbonyl (C=O) groups is 1. The largest absolute Gasteiger partial charge is 0.492 e. The SMILES string of the molecule is Cc1cccc(O[C@H](C)C(=O)NCCOc2ccc(S(=O)(=O)N3CCOCC3)cc2)c1C. The van der Waals surface area contributed by atoms with E-state index in [0.29, 0.717) is 44.3 Å². The number of aryl methyl sites for hydroxylation is 1. The third-order valence-electron chi connectivity index (χ3n) is 5.33. The van der Waals surface area contributed by atoms with Crippen LogP contribution in [0.5, 0.6) is 11.5 Å². The van der Waals surface area contributed by atoms with E-state index < -0.39 is 16.1 Å². The summed E-state index contributed by atoms with van der Waals surface area (Å²) >= 11 is 0. The number of carbonyl (C=O) groups excluding carboxylic acids is 1. The third kappa shape index (κ3) is 5.99. The van der Waals surface area contributed by atoms with E-state index in [4.69, 9.17) is 14.2 Å². The molecule has 0 unspecified atom stereocenters. The molecule has 32 heavy (non-hydrogen) atoms. The molecule has 9 heteroatoms. The Bertz CT molecular complexity index is 1020. The van der Waals surface area contributed by atoms with Gasteiger partial charge in [0, 0.05) is 13.1 Å². The number of hydrogen-bond donors (Lipinski definition) is 1. The second-order valence-electron chi connectivity index (χ2n) is 7.59. The fourth-order valence-electron chi connectivity index (χ4n) is 3.23. The average molecular weight is 463 g/mol. The molecule has 3 rings (SSSR count). The summed E-state index contributed by atoms with van der Waals surface area (Å²) in [6, 6.07) is 12.0. The number of nitrogens with one attached hydrogen (secondary N) is 1. The molecular formula is C23H30N2O6S. The maximum Gasteiger partial charge on any atom is 0.260 e. The molecule has 0 aromatic heterocycles. The van der Waals surface area contributed by atoms with E-state index >= 15 is 0 Å². The standard InChI is InChI=1S/C23H30N2O6S/c1-17-5-4-6-22(18(17)2)31-19(3)23(26)24-11-14-30-20-7-9-21(10-8-20)32(27,28)25-12-15-29-16-13-25/h4-10,19H,11-16H2,1-3H3,(H,24,26)/t19-/m1/s1. The van der Waals surface area contributed by atoms with E-state index in [0.717, 1.165) is 11.1 Å². The summed E-state index contributed by atoms with van der Waals surface area (Å²) in [5.41, 5.74) is 2.11. The summed E-state index contributed by atoms with van der Waals surface area (Å²) in [7, 11) is -3.53. The Morgan fingerprint density at radius 1 is 1.12 bits per heavy atom. The van der Waals surface area contributed by atoms with Crippen molar-refractivity contribution in [2.24, 2.45) is 0 Å². The predicted octanol–water partition coefficient (Wildman–Crippen LogP) is 2.29. The van der Waals surface area contributed by atoms with Gasteiger partial charge < -0.3 is 19.5 Å². The van der Waals surface area contributed by atoms with Crippen LogP contribution in [0.2, 0.25) is 0 Å². The zero-order valence-electron chi connectivity index (χ0n) is 18.7. The van der Waals surface area contributed by atoms with E-state index in [9.17, 15) is 13.2 Å². The molecule has 0 saturated carbocycles. The van der Waals surface area contributed by atoms with Crippen molar-refractivity contribution in [3.8, 4) is 11.5 Å². The lowest BCUT2D eigenvalue weighted by atomic mass is 10.1. The molecule has 0 radical (unpaired) electrons. The van der Waals surface area contributed by atoms with Crippen LogP contribution in [-0.4, -0.2) is 64.2 Å². The second kappa shape index (κ2) is 10.8. The highest BCUT2D eigenvalue weighted by Crippen LogP contribution is 2.22.